The first-order valence-electron chi connectivity index (χ1n) is 5.62. The molecule has 0 aliphatic rings. The van der Waals surface area contributed by atoms with Crippen molar-refractivity contribution < 1.29 is 14.6 Å². The van der Waals surface area contributed by atoms with Crippen LogP contribution < -0.4 is 20.7 Å². The highest BCUT2D eigenvalue weighted by atomic mass is 79.9. The Hall–Kier alpha value is -1.90. The van der Waals surface area contributed by atoms with Crippen LogP contribution in [0.5, 0.6) is 17.4 Å². The van der Waals surface area contributed by atoms with Crippen molar-refractivity contribution in [3.05, 3.63) is 34.4 Å². The number of aliphatic hydroxyl groups is 1. The van der Waals surface area contributed by atoms with E-state index in [4.69, 9.17) is 20.4 Å². The SMILES string of the molecule is COc1cc(CO)ccc1Oc1nc(NN)ncc1Br. The summed E-state index contributed by atoms with van der Waals surface area (Å²) in [7, 11) is 1.52. The van der Waals surface area contributed by atoms with Crippen molar-refractivity contribution in [1.29, 1.82) is 0 Å². The van der Waals surface area contributed by atoms with Crippen molar-refractivity contribution in [2.75, 3.05) is 12.5 Å². The van der Waals surface area contributed by atoms with Crippen LogP contribution in [-0.4, -0.2) is 22.2 Å². The number of rotatable bonds is 5. The summed E-state index contributed by atoms with van der Waals surface area (Å²) in [5.74, 6) is 6.74. The highest BCUT2D eigenvalue weighted by molar-refractivity contribution is 9.10. The highest BCUT2D eigenvalue weighted by Crippen LogP contribution is 2.34. The predicted molar refractivity (Wildman–Crippen MR) is 76.5 cm³/mol. The molecule has 2 rings (SSSR count). The van der Waals surface area contributed by atoms with Gasteiger partial charge in [-0.1, -0.05) is 6.07 Å². The van der Waals surface area contributed by atoms with Gasteiger partial charge >= 0.3 is 0 Å². The fourth-order valence-corrected chi connectivity index (χ4v) is 1.76. The van der Waals surface area contributed by atoms with Gasteiger partial charge in [0.1, 0.15) is 0 Å². The van der Waals surface area contributed by atoms with E-state index in [0.717, 1.165) is 5.56 Å². The van der Waals surface area contributed by atoms with Gasteiger partial charge in [-0.25, -0.2) is 10.8 Å². The maximum absolute atomic E-state index is 9.10. The van der Waals surface area contributed by atoms with E-state index < -0.39 is 0 Å². The number of ether oxygens (including phenoxy) is 2. The number of nitrogen functional groups attached to an aromatic ring is 1. The number of hydrogen-bond donors (Lipinski definition) is 3. The van der Waals surface area contributed by atoms with E-state index in [1.54, 1.807) is 18.2 Å². The molecule has 0 radical (unpaired) electrons. The number of aliphatic hydroxyl groups excluding tert-OH is 1. The van der Waals surface area contributed by atoms with Crippen molar-refractivity contribution >= 4 is 21.9 Å². The molecule has 0 bridgehead atoms. The van der Waals surface area contributed by atoms with Crippen LogP contribution in [0, 0.1) is 0 Å². The van der Waals surface area contributed by atoms with Crippen LogP contribution in [0.25, 0.3) is 0 Å². The largest absolute Gasteiger partial charge is 0.493 e. The Kier molecular flexibility index (Phi) is 4.72. The lowest BCUT2D eigenvalue weighted by Crippen LogP contribution is -2.10. The van der Waals surface area contributed by atoms with Crippen LogP contribution in [0.15, 0.2) is 28.9 Å². The molecule has 20 heavy (non-hydrogen) atoms. The molecule has 0 amide bonds. The Balaban J connectivity index is 2.34. The number of nitrogens with two attached hydrogens (primary N) is 1. The Bertz CT molecular complexity index is 609. The molecule has 0 saturated carbocycles. The molecule has 0 unspecified atom stereocenters. The van der Waals surface area contributed by atoms with Crippen LogP contribution in [0.1, 0.15) is 5.56 Å². The number of methoxy groups -OCH3 is 1. The minimum atomic E-state index is -0.0743. The summed E-state index contributed by atoms with van der Waals surface area (Å²) in [5, 5.41) is 9.10. The first kappa shape index (κ1) is 14.5. The maximum Gasteiger partial charge on any atom is 0.240 e. The van der Waals surface area contributed by atoms with E-state index in [1.165, 1.54) is 13.3 Å². The fraction of sp³-hybridized carbons (Fsp3) is 0.167. The average molecular weight is 341 g/mol. The predicted octanol–water partition coefficient (Wildman–Crippen LogP) is 1.82. The summed E-state index contributed by atoms with van der Waals surface area (Å²) in [6, 6.07) is 5.11. The lowest BCUT2D eigenvalue weighted by molar-refractivity contribution is 0.280. The van der Waals surface area contributed by atoms with Gasteiger partial charge in [0.05, 0.1) is 24.4 Å². The van der Waals surface area contributed by atoms with E-state index in [0.29, 0.717) is 21.9 Å². The van der Waals surface area contributed by atoms with E-state index in [-0.39, 0.29) is 12.6 Å². The Morgan fingerprint density at radius 3 is 2.85 bits per heavy atom. The number of hydrazine groups is 1. The summed E-state index contributed by atoms with van der Waals surface area (Å²) in [6.45, 7) is -0.0743. The second-order valence-electron chi connectivity index (χ2n) is 3.74. The number of aromatic nitrogens is 2. The second-order valence-corrected chi connectivity index (χ2v) is 4.59. The highest BCUT2D eigenvalue weighted by Gasteiger charge is 2.11. The van der Waals surface area contributed by atoms with Crippen LogP contribution >= 0.6 is 15.9 Å². The van der Waals surface area contributed by atoms with E-state index >= 15 is 0 Å². The van der Waals surface area contributed by atoms with Crippen molar-refractivity contribution in [3.8, 4) is 17.4 Å². The molecule has 4 N–H and O–H groups in total. The van der Waals surface area contributed by atoms with Gasteiger partial charge in [-0.05, 0) is 33.6 Å². The van der Waals surface area contributed by atoms with Gasteiger partial charge in [0.2, 0.25) is 11.8 Å². The Labute approximate surface area is 123 Å². The Morgan fingerprint density at radius 1 is 1.40 bits per heavy atom. The zero-order chi connectivity index (χ0) is 14.5. The molecule has 1 aromatic heterocycles. The third-order valence-electron chi connectivity index (χ3n) is 2.46. The van der Waals surface area contributed by atoms with Crippen molar-refractivity contribution in [1.82, 2.24) is 9.97 Å². The van der Waals surface area contributed by atoms with Gasteiger partial charge in [0.15, 0.2) is 11.5 Å². The Morgan fingerprint density at radius 2 is 2.20 bits per heavy atom. The molecule has 0 fully saturated rings. The van der Waals surface area contributed by atoms with Crippen LogP contribution in [-0.2, 0) is 6.61 Å². The molecule has 0 saturated heterocycles. The maximum atomic E-state index is 9.10. The molecule has 2 aromatic rings. The number of halogens is 1. The molecule has 0 atom stereocenters. The van der Waals surface area contributed by atoms with Crippen molar-refractivity contribution in [3.63, 3.8) is 0 Å². The zero-order valence-corrected chi connectivity index (χ0v) is 12.2. The minimum Gasteiger partial charge on any atom is -0.493 e. The van der Waals surface area contributed by atoms with Gasteiger partial charge < -0.3 is 14.6 Å². The van der Waals surface area contributed by atoms with Gasteiger partial charge in [-0.3, -0.25) is 5.43 Å². The summed E-state index contributed by atoms with van der Waals surface area (Å²) < 4.78 is 11.5. The zero-order valence-electron chi connectivity index (χ0n) is 10.6. The monoisotopic (exact) mass is 340 g/mol. The number of nitrogens with one attached hydrogen (secondary N) is 1. The third-order valence-corrected chi connectivity index (χ3v) is 3.00. The third kappa shape index (κ3) is 3.16. The van der Waals surface area contributed by atoms with E-state index in [2.05, 4.69) is 31.3 Å². The van der Waals surface area contributed by atoms with Crippen LogP contribution in [0.4, 0.5) is 5.95 Å². The number of hydrogen-bond acceptors (Lipinski definition) is 7. The van der Waals surface area contributed by atoms with Crippen molar-refractivity contribution in [2.45, 2.75) is 6.61 Å². The lowest BCUT2D eigenvalue weighted by Gasteiger charge is -2.12. The number of nitrogens with zero attached hydrogens (tertiary/aromatic N) is 2. The van der Waals surface area contributed by atoms with Crippen LogP contribution in [0.2, 0.25) is 0 Å². The molecule has 106 valence electrons. The van der Waals surface area contributed by atoms with Crippen molar-refractivity contribution in [2.24, 2.45) is 5.84 Å². The molecular weight excluding hydrogens is 328 g/mol. The smallest absolute Gasteiger partial charge is 0.240 e. The minimum absolute atomic E-state index is 0.0743. The van der Waals surface area contributed by atoms with E-state index in [9.17, 15) is 0 Å². The summed E-state index contributed by atoms with van der Waals surface area (Å²) >= 11 is 3.29. The molecule has 0 spiro atoms. The summed E-state index contributed by atoms with van der Waals surface area (Å²) in [4.78, 5) is 8.01. The summed E-state index contributed by atoms with van der Waals surface area (Å²) in [5.41, 5.74) is 3.06. The summed E-state index contributed by atoms with van der Waals surface area (Å²) in [6.07, 6.45) is 1.52. The van der Waals surface area contributed by atoms with Gasteiger partial charge in [-0.15, -0.1) is 0 Å². The number of benzene rings is 1. The first-order chi connectivity index (χ1) is 9.67. The normalized spacial score (nSPS) is 10.2. The average Bonchev–Trinajstić information content (AvgIpc) is 2.49. The van der Waals surface area contributed by atoms with Gasteiger partial charge in [0, 0.05) is 0 Å². The quantitative estimate of drug-likeness (QED) is 0.563. The second kappa shape index (κ2) is 6.51. The molecule has 0 aliphatic carbocycles. The van der Waals surface area contributed by atoms with Crippen LogP contribution in [0.3, 0.4) is 0 Å². The fourth-order valence-electron chi connectivity index (χ4n) is 1.49. The molecule has 7 nitrogen and oxygen atoms in total. The first-order valence-corrected chi connectivity index (χ1v) is 6.42. The van der Waals surface area contributed by atoms with Gasteiger partial charge in [-0.2, -0.15) is 4.98 Å². The topological polar surface area (TPSA) is 103 Å². The van der Waals surface area contributed by atoms with Gasteiger partial charge in [0.25, 0.3) is 0 Å². The molecule has 1 heterocycles. The number of anilines is 1. The molecule has 0 aliphatic heterocycles. The molecule has 1 aromatic carbocycles. The standard InChI is InChI=1S/C12H13BrN4O3/c1-19-10-4-7(6-18)2-3-9(10)20-11-8(13)5-15-12(16-11)17-14/h2-5,18H,6,14H2,1H3,(H,15,16,17). The molecule has 8 heteroatoms. The molecular formula is C12H13BrN4O3. The van der Waals surface area contributed by atoms with E-state index in [1.807, 2.05) is 0 Å². The lowest BCUT2D eigenvalue weighted by atomic mass is 10.2.